The second-order valence-corrected chi connectivity index (χ2v) is 14.4. The van der Waals surface area contributed by atoms with Crippen molar-refractivity contribution in [3.8, 4) is 62.1 Å². The fraction of sp³-hybridized carbons (Fsp3) is 0. The summed E-state index contributed by atoms with van der Waals surface area (Å²) in [5, 5.41) is 7.44. The van der Waals surface area contributed by atoms with Gasteiger partial charge in [0.05, 0.1) is 16.7 Å². The average molecular weight is 727 g/mol. The minimum Gasteiger partial charge on any atom is -0.309 e. The average Bonchev–Trinajstić information content (AvgIpc) is 3.63. The van der Waals surface area contributed by atoms with Crippen LogP contribution in [0.4, 0.5) is 0 Å². The third-order valence-electron chi connectivity index (χ3n) is 11.1. The molecule has 2 aromatic heterocycles. The van der Waals surface area contributed by atoms with Gasteiger partial charge in [-0.25, -0.2) is 15.0 Å². The largest absolute Gasteiger partial charge is 0.309 e. The number of hydrogen-bond acceptors (Lipinski definition) is 3. The standard InChI is InChI=1S/C53H34N4/c1-3-13-35(14-4-1)36-23-27-39(28-24-36)52-54-51(38-15-5-2-6-16-38)55-53(56-52)40-29-25-37(26-30-40)41-31-32-47-46-21-11-12-22-48(46)57(49(47)33-41)50-34-42-17-7-8-18-43(42)44-19-9-10-20-45(44)50/h1-34H. The van der Waals surface area contributed by atoms with Gasteiger partial charge in [0.2, 0.25) is 0 Å². The molecule has 0 amide bonds. The molecule has 9 aromatic carbocycles. The Morgan fingerprint density at radius 2 is 0.684 bits per heavy atom. The molecule has 0 aliphatic rings. The summed E-state index contributed by atoms with van der Waals surface area (Å²) < 4.78 is 2.45. The van der Waals surface area contributed by atoms with Gasteiger partial charge in [-0.3, -0.25) is 0 Å². The van der Waals surface area contributed by atoms with Crippen LogP contribution < -0.4 is 0 Å². The summed E-state index contributed by atoms with van der Waals surface area (Å²) >= 11 is 0. The lowest BCUT2D eigenvalue weighted by Gasteiger charge is -2.15. The Hall–Kier alpha value is -7.69. The molecular weight excluding hydrogens is 693 g/mol. The summed E-state index contributed by atoms with van der Waals surface area (Å²) in [7, 11) is 0. The van der Waals surface area contributed by atoms with Gasteiger partial charge >= 0.3 is 0 Å². The van der Waals surface area contributed by atoms with Gasteiger partial charge in [-0.05, 0) is 56.6 Å². The van der Waals surface area contributed by atoms with Crippen molar-refractivity contribution in [3.63, 3.8) is 0 Å². The first-order valence-corrected chi connectivity index (χ1v) is 19.3. The third-order valence-corrected chi connectivity index (χ3v) is 11.1. The lowest BCUT2D eigenvalue weighted by atomic mass is 9.99. The second kappa shape index (κ2) is 13.6. The molecule has 0 unspecified atom stereocenters. The minimum atomic E-state index is 0.635. The van der Waals surface area contributed by atoms with Crippen LogP contribution in [-0.2, 0) is 0 Å². The Balaban J connectivity index is 1.01. The Morgan fingerprint density at radius 3 is 1.33 bits per heavy atom. The Labute approximate surface area is 330 Å². The van der Waals surface area contributed by atoms with Crippen LogP contribution >= 0.6 is 0 Å². The number of hydrogen-bond donors (Lipinski definition) is 0. The van der Waals surface area contributed by atoms with Crippen molar-refractivity contribution in [1.29, 1.82) is 0 Å². The van der Waals surface area contributed by atoms with Crippen molar-refractivity contribution in [2.24, 2.45) is 0 Å². The van der Waals surface area contributed by atoms with E-state index in [0.717, 1.165) is 33.4 Å². The van der Waals surface area contributed by atoms with Gasteiger partial charge in [0.15, 0.2) is 17.5 Å². The lowest BCUT2D eigenvalue weighted by molar-refractivity contribution is 1.07. The van der Waals surface area contributed by atoms with Crippen LogP contribution in [-0.4, -0.2) is 19.5 Å². The molecule has 2 heterocycles. The van der Waals surface area contributed by atoms with Crippen LogP contribution in [0, 0.1) is 0 Å². The quantitative estimate of drug-likeness (QED) is 0.160. The number of aromatic nitrogens is 4. The highest BCUT2D eigenvalue weighted by Crippen LogP contribution is 2.39. The summed E-state index contributed by atoms with van der Waals surface area (Å²) in [5.41, 5.74) is 10.9. The molecule has 4 nitrogen and oxygen atoms in total. The first-order valence-electron chi connectivity index (χ1n) is 19.3. The maximum atomic E-state index is 5.04. The number of rotatable bonds is 6. The molecule has 57 heavy (non-hydrogen) atoms. The predicted octanol–water partition coefficient (Wildman–Crippen LogP) is 13.6. The Morgan fingerprint density at radius 1 is 0.263 bits per heavy atom. The van der Waals surface area contributed by atoms with Crippen LogP contribution in [0.5, 0.6) is 0 Å². The lowest BCUT2D eigenvalue weighted by Crippen LogP contribution is -2.00. The highest BCUT2D eigenvalue weighted by atomic mass is 15.0. The highest BCUT2D eigenvalue weighted by molar-refractivity contribution is 6.15. The summed E-state index contributed by atoms with van der Waals surface area (Å²) in [6, 6.07) is 72.9. The summed E-state index contributed by atoms with van der Waals surface area (Å²) in [5.74, 6) is 1.92. The molecule has 0 bridgehead atoms. The predicted molar refractivity (Wildman–Crippen MR) is 236 cm³/mol. The van der Waals surface area contributed by atoms with Crippen molar-refractivity contribution in [2.45, 2.75) is 0 Å². The van der Waals surface area contributed by atoms with Gasteiger partial charge < -0.3 is 4.57 Å². The van der Waals surface area contributed by atoms with Crippen LogP contribution in [0.25, 0.3) is 105 Å². The number of fused-ring (bicyclic) bond motifs is 6. The first kappa shape index (κ1) is 32.7. The van der Waals surface area contributed by atoms with E-state index in [1.165, 1.54) is 54.6 Å². The molecule has 0 radical (unpaired) electrons. The van der Waals surface area contributed by atoms with Crippen LogP contribution in [0.2, 0.25) is 0 Å². The number of nitrogens with zero attached hydrogens (tertiary/aromatic N) is 4. The van der Waals surface area contributed by atoms with E-state index in [-0.39, 0.29) is 0 Å². The molecule has 0 aliphatic carbocycles. The molecule has 0 atom stereocenters. The molecule has 0 fully saturated rings. The van der Waals surface area contributed by atoms with Gasteiger partial charge in [0.1, 0.15) is 0 Å². The first-order chi connectivity index (χ1) is 28.2. The SMILES string of the molecule is c1ccc(-c2ccc(-c3nc(-c4ccccc4)nc(-c4ccc(-c5ccc6c7ccccc7n(-c7cc8ccccc8c8ccccc78)c6c5)cc4)n3)cc2)cc1. The normalized spacial score (nSPS) is 11.5. The molecule has 0 saturated carbocycles. The number of benzene rings is 9. The zero-order chi connectivity index (χ0) is 37.7. The molecular formula is C53H34N4. The molecule has 4 heteroatoms. The second-order valence-electron chi connectivity index (χ2n) is 14.4. The minimum absolute atomic E-state index is 0.635. The maximum Gasteiger partial charge on any atom is 0.164 e. The van der Waals surface area contributed by atoms with E-state index in [0.29, 0.717) is 17.5 Å². The van der Waals surface area contributed by atoms with E-state index >= 15 is 0 Å². The van der Waals surface area contributed by atoms with Crippen molar-refractivity contribution in [1.82, 2.24) is 19.5 Å². The van der Waals surface area contributed by atoms with Gasteiger partial charge in [0, 0.05) is 32.8 Å². The molecule has 0 saturated heterocycles. The molecule has 0 N–H and O–H groups in total. The molecule has 11 rings (SSSR count). The molecule has 266 valence electrons. The van der Waals surface area contributed by atoms with E-state index in [4.69, 9.17) is 15.0 Å². The van der Waals surface area contributed by atoms with E-state index in [1.807, 2.05) is 36.4 Å². The van der Waals surface area contributed by atoms with Crippen molar-refractivity contribution < 1.29 is 0 Å². The van der Waals surface area contributed by atoms with Crippen LogP contribution in [0.1, 0.15) is 0 Å². The zero-order valence-corrected chi connectivity index (χ0v) is 30.9. The van der Waals surface area contributed by atoms with E-state index in [9.17, 15) is 0 Å². The zero-order valence-electron chi connectivity index (χ0n) is 30.9. The van der Waals surface area contributed by atoms with Crippen LogP contribution in [0.3, 0.4) is 0 Å². The fourth-order valence-corrected chi connectivity index (χ4v) is 8.23. The monoisotopic (exact) mass is 726 g/mol. The smallest absolute Gasteiger partial charge is 0.164 e. The third kappa shape index (κ3) is 5.74. The molecule has 11 aromatic rings. The van der Waals surface area contributed by atoms with Crippen molar-refractivity contribution in [2.75, 3.05) is 0 Å². The summed E-state index contributed by atoms with van der Waals surface area (Å²) in [6.07, 6.45) is 0. The van der Waals surface area contributed by atoms with Gasteiger partial charge in [0.25, 0.3) is 0 Å². The van der Waals surface area contributed by atoms with Gasteiger partial charge in [-0.2, -0.15) is 0 Å². The number of para-hydroxylation sites is 1. The van der Waals surface area contributed by atoms with Crippen molar-refractivity contribution >= 4 is 43.4 Å². The summed E-state index contributed by atoms with van der Waals surface area (Å²) in [4.78, 5) is 15.0. The highest BCUT2D eigenvalue weighted by Gasteiger charge is 2.17. The van der Waals surface area contributed by atoms with Gasteiger partial charge in [-0.15, -0.1) is 0 Å². The topological polar surface area (TPSA) is 43.6 Å². The van der Waals surface area contributed by atoms with Gasteiger partial charge in [-0.1, -0.05) is 188 Å². The molecule has 0 aliphatic heterocycles. The van der Waals surface area contributed by atoms with Crippen molar-refractivity contribution in [3.05, 3.63) is 206 Å². The summed E-state index contributed by atoms with van der Waals surface area (Å²) in [6.45, 7) is 0. The fourth-order valence-electron chi connectivity index (χ4n) is 8.23. The van der Waals surface area contributed by atoms with Crippen LogP contribution in [0.15, 0.2) is 206 Å². The Bertz CT molecular complexity index is 3260. The molecule has 0 spiro atoms. The van der Waals surface area contributed by atoms with E-state index in [1.54, 1.807) is 0 Å². The van der Waals surface area contributed by atoms with E-state index in [2.05, 4.69) is 174 Å². The maximum absolute atomic E-state index is 5.04. The Kier molecular flexibility index (Phi) is 7.78. The van der Waals surface area contributed by atoms with E-state index < -0.39 is 0 Å².